The third-order valence-electron chi connectivity index (χ3n) is 4.12. The summed E-state index contributed by atoms with van der Waals surface area (Å²) in [4.78, 5) is 27.0. The van der Waals surface area contributed by atoms with Gasteiger partial charge in [0.25, 0.3) is 5.91 Å². The summed E-state index contributed by atoms with van der Waals surface area (Å²) >= 11 is 1.34. The Morgan fingerprint density at radius 1 is 1.22 bits per heavy atom. The zero-order valence-corrected chi connectivity index (χ0v) is 14.1. The van der Waals surface area contributed by atoms with E-state index >= 15 is 0 Å². The highest BCUT2D eigenvalue weighted by atomic mass is 32.1. The molecule has 120 valence electrons. The van der Waals surface area contributed by atoms with Gasteiger partial charge in [0.2, 0.25) is 0 Å². The lowest BCUT2D eigenvalue weighted by Crippen LogP contribution is -2.42. The molecule has 1 atom stereocenters. The van der Waals surface area contributed by atoms with Gasteiger partial charge >= 0.3 is 5.97 Å². The number of fused-ring (bicyclic) bond motifs is 1. The van der Waals surface area contributed by atoms with Gasteiger partial charge in [0.15, 0.2) is 6.10 Å². The molecule has 1 aromatic carbocycles. The second kappa shape index (κ2) is 6.54. The lowest BCUT2D eigenvalue weighted by molar-refractivity contribution is -0.140. The Kier molecular flexibility index (Phi) is 4.48. The van der Waals surface area contributed by atoms with Gasteiger partial charge in [0, 0.05) is 13.1 Å². The maximum absolute atomic E-state index is 12.5. The number of hydrogen-bond acceptors (Lipinski definition) is 4. The molecule has 1 aliphatic heterocycles. The van der Waals surface area contributed by atoms with Crippen LogP contribution in [-0.4, -0.2) is 29.4 Å². The molecule has 0 bridgehead atoms. The van der Waals surface area contributed by atoms with Crippen LogP contribution in [0.15, 0.2) is 35.7 Å². The largest absolute Gasteiger partial charge is 0.448 e. The van der Waals surface area contributed by atoms with Crippen molar-refractivity contribution in [3.63, 3.8) is 0 Å². The van der Waals surface area contributed by atoms with Gasteiger partial charge in [-0.05, 0) is 48.4 Å². The van der Waals surface area contributed by atoms with Gasteiger partial charge in [-0.25, -0.2) is 4.79 Å². The monoisotopic (exact) mass is 329 g/mol. The highest BCUT2D eigenvalue weighted by molar-refractivity contribution is 7.12. The molecule has 0 saturated heterocycles. The van der Waals surface area contributed by atoms with E-state index in [1.807, 2.05) is 36.6 Å². The molecule has 23 heavy (non-hydrogen) atoms. The molecule has 0 radical (unpaired) electrons. The van der Waals surface area contributed by atoms with Crippen molar-refractivity contribution in [2.24, 2.45) is 0 Å². The van der Waals surface area contributed by atoms with Crippen molar-refractivity contribution in [3.05, 3.63) is 57.3 Å². The fraction of sp³-hybridized carbons (Fsp3) is 0.333. The highest BCUT2D eigenvalue weighted by Crippen LogP contribution is 2.21. The summed E-state index contributed by atoms with van der Waals surface area (Å²) in [5, 5.41) is 1.85. The number of carbonyl (C=O) groups excluding carboxylic acids is 2. The van der Waals surface area contributed by atoms with E-state index in [0.29, 0.717) is 18.0 Å². The minimum Gasteiger partial charge on any atom is -0.448 e. The van der Waals surface area contributed by atoms with Gasteiger partial charge in [0.1, 0.15) is 4.88 Å². The van der Waals surface area contributed by atoms with E-state index in [0.717, 1.165) is 12.0 Å². The van der Waals surface area contributed by atoms with Crippen molar-refractivity contribution in [2.75, 3.05) is 6.54 Å². The standard InChI is InChI=1S/C18H19NO3S/c1-12-8-10-23-16(12)18(21)22-13(2)17(20)19-9-7-14-5-3-4-6-15(14)11-19/h3-6,8,10,13H,7,9,11H2,1-2H3/t13-/m0/s1. The number of amides is 1. The Morgan fingerprint density at radius 2 is 1.96 bits per heavy atom. The zero-order valence-electron chi connectivity index (χ0n) is 13.2. The van der Waals surface area contributed by atoms with E-state index in [9.17, 15) is 9.59 Å². The molecule has 1 amide bonds. The van der Waals surface area contributed by atoms with Gasteiger partial charge in [0.05, 0.1) is 0 Å². The third kappa shape index (κ3) is 3.29. The second-order valence-corrected chi connectivity index (χ2v) is 6.67. The highest BCUT2D eigenvalue weighted by Gasteiger charge is 2.27. The fourth-order valence-corrected chi connectivity index (χ4v) is 3.59. The van der Waals surface area contributed by atoms with Crippen LogP contribution in [0.5, 0.6) is 0 Å². The molecule has 0 fully saturated rings. The summed E-state index contributed by atoms with van der Waals surface area (Å²) in [7, 11) is 0. The molecule has 2 heterocycles. The third-order valence-corrected chi connectivity index (χ3v) is 5.12. The van der Waals surface area contributed by atoms with Crippen LogP contribution < -0.4 is 0 Å². The number of carbonyl (C=O) groups is 2. The van der Waals surface area contributed by atoms with E-state index in [2.05, 4.69) is 6.07 Å². The van der Waals surface area contributed by atoms with Crippen LogP contribution in [0.1, 0.15) is 33.3 Å². The van der Waals surface area contributed by atoms with Gasteiger partial charge in [-0.2, -0.15) is 0 Å². The van der Waals surface area contributed by atoms with Crippen LogP contribution in [0.25, 0.3) is 0 Å². The number of nitrogens with zero attached hydrogens (tertiary/aromatic N) is 1. The van der Waals surface area contributed by atoms with Crippen LogP contribution in [0.4, 0.5) is 0 Å². The minimum absolute atomic E-state index is 0.137. The van der Waals surface area contributed by atoms with Crippen LogP contribution >= 0.6 is 11.3 Å². The quantitative estimate of drug-likeness (QED) is 0.813. The summed E-state index contributed by atoms with van der Waals surface area (Å²) in [6.07, 6.45) is 0.0707. The molecule has 3 rings (SSSR count). The van der Waals surface area contributed by atoms with Crippen molar-refractivity contribution in [1.29, 1.82) is 0 Å². The first kappa shape index (κ1) is 15.7. The number of aryl methyl sites for hydroxylation is 1. The SMILES string of the molecule is Cc1ccsc1C(=O)O[C@@H](C)C(=O)N1CCc2ccccc2C1. The van der Waals surface area contributed by atoms with Crippen LogP contribution in [0, 0.1) is 6.92 Å². The Balaban J connectivity index is 1.64. The first-order valence-electron chi connectivity index (χ1n) is 7.67. The Bertz CT molecular complexity index is 737. The smallest absolute Gasteiger partial charge is 0.349 e. The van der Waals surface area contributed by atoms with Crippen LogP contribution in [-0.2, 0) is 22.5 Å². The molecule has 5 heteroatoms. The molecule has 0 aliphatic carbocycles. The first-order valence-corrected chi connectivity index (χ1v) is 8.55. The van der Waals surface area contributed by atoms with Crippen molar-refractivity contribution < 1.29 is 14.3 Å². The molecule has 2 aromatic rings. The fourth-order valence-electron chi connectivity index (χ4n) is 2.79. The maximum Gasteiger partial charge on any atom is 0.349 e. The predicted molar refractivity (Wildman–Crippen MR) is 89.5 cm³/mol. The van der Waals surface area contributed by atoms with E-state index in [-0.39, 0.29) is 5.91 Å². The molecule has 0 spiro atoms. The zero-order chi connectivity index (χ0) is 16.4. The van der Waals surface area contributed by atoms with Crippen molar-refractivity contribution in [3.8, 4) is 0 Å². The topological polar surface area (TPSA) is 46.6 Å². The summed E-state index contributed by atoms with van der Waals surface area (Å²) in [5.74, 6) is -0.558. The van der Waals surface area contributed by atoms with E-state index in [4.69, 9.17) is 4.74 Å². The van der Waals surface area contributed by atoms with E-state index in [1.165, 1.54) is 22.5 Å². The molecule has 0 unspecified atom stereocenters. The molecule has 4 nitrogen and oxygen atoms in total. The number of esters is 1. The minimum atomic E-state index is -0.769. The Hall–Kier alpha value is -2.14. The number of ether oxygens (including phenoxy) is 1. The van der Waals surface area contributed by atoms with Gasteiger partial charge < -0.3 is 9.64 Å². The molecular formula is C18H19NO3S. The average molecular weight is 329 g/mol. The molecular weight excluding hydrogens is 310 g/mol. The normalized spacial score (nSPS) is 15.0. The molecule has 0 N–H and O–H groups in total. The van der Waals surface area contributed by atoms with Crippen molar-refractivity contribution >= 4 is 23.2 Å². The summed E-state index contributed by atoms with van der Waals surface area (Å²) in [6.45, 7) is 4.75. The average Bonchev–Trinajstić information content (AvgIpc) is 2.99. The Labute approximate surface area is 139 Å². The Morgan fingerprint density at radius 3 is 2.65 bits per heavy atom. The molecule has 1 aromatic heterocycles. The van der Waals surface area contributed by atoms with Crippen LogP contribution in [0.2, 0.25) is 0 Å². The summed E-state index contributed by atoms with van der Waals surface area (Å²) in [5.41, 5.74) is 3.33. The van der Waals surface area contributed by atoms with Gasteiger partial charge in [-0.3, -0.25) is 4.79 Å². The van der Waals surface area contributed by atoms with Crippen LogP contribution in [0.3, 0.4) is 0 Å². The first-order chi connectivity index (χ1) is 11.1. The lowest BCUT2D eigenvalue weighted by Gasteiger charge is -2.30. The number of thiophene rings is 1. The van der Waals surface area contributed by atoms with Gasteiger partial charge in [-0.1, -0.05) is 24.3 Å². The summed E-state index contributed by atoms with van der Waals surface area (Å²) in [6, 6.07) is 10.0. The van der Waals surface area contributed by atoms with Crippen molar-refractivity contribution in [1.82, 2.24) is 4.90 Å². The second-order valence-electron chi connectivity index (χ2n) is 5.76. The predicted octanol–water partition coefficient (Wildman–Crippen LogP) is 3.19. The number of rotatable bonds is 3. The van der Waals surface area contributed by atoms with Crippen molar-refractivity contribution in [2.45, 2.75) is 32.9 Å². The van der Waals surface area contributed by atoms with Gasteiger partial charge in [-0.15, -0.1) is 11.3 Å². The lowest BCUT2D eigenvalue weighted by atomic mass is 9.99. The maximum atomic E-state index is 12.5. The van der Waals surface area contributed by atoms with E-state index < -0.39 is 12.1 Å². The van der Waals surface area contributed by atoms with E-state index in [1.54, 1.807) is 11.8 Å². The number of hydrogen-bond donors (Lipinski definition) is 0. The summed E-state index contributed by atoms with van der Waals surface area (Å²) < 4.78 is 5.36. The molecule has 0 saturated carbocycles. The molecule has 1 aliphatic rings. The number of benzene rings is 1.